The van der Waals surface area contributed by atoms with E-state index in [2.05, 4.69) is 24.3 Å². The molecule has 0 saturated heterocycles. The van der Waals surface area contributed by atoms with Crippen LogP contribution in [0.2, 0.25) is 0 Å². The van der Waals surface area contributed by atoms with E-state index in [1.54, 1.807) is 11.4 Å². The van der Waals surface area contributed by atoms with E-state index < -0.39 is 23.5 Å². The lowest BCUT2D eigenvalue weighted by Crippen LogP contribution is -2.29. The smallest absolute Gasteiger partial charge is 0.337 e. The van der Waals surface area contributed by atoms with Gasteiger partial charge in [0.15, 0.2) is 23.3 Å². The average Bonchev–Trinajstić information content (AvgIpc) is 3.48. The molecule has 0 spiro atoms. The van der Waals surface area contributed by atoms with Gasteiger partial charge < -0.3 is 14.6 Å². The number of aliphatic carboxylic acids is 1. The fourth-order valence-electron chi connectivity index (χ4n) is 6.78. The van der Waals surface area contributed by atoms with E-state index >= 15 is 4.39 Å². The van der Waals surface area contributed by atoms with Crippen LogP contribution in [0.1, 0.15) is 55.7 Å². The third-order valence-electron chi connectivity index (χ3n) is 8.95. The second-order valence-corrected chi connectivity index (χ2v) is 13.5. The van der Waals surface area contributed by atoms with Crippen molar-refractivity contribution in [2.45, 2.75) is 59.2 Å². The van der Waals surface area contributed by atoms with Crippen LogP contribution in [0.3, 0.4) is 0 Å². The maximum absolute atomic E-state index is 16.0. The molecule has 4 aromatic carbocycles. The van der Waals surface area contributed by atoms with Gasteiger partial charge in [0.2, 0.25) is 0 Å². The molecule has 0 aliphatic carbocycles. The number of fused-ring (bicyclic) bond motifs is 2. The van der Waals surface area contributed by atoms with Gasteiger partial charge in [-0.15, -0.1) is 0 Å². The summed E-state index contributed by atoms with van der Waals surface area (Å²) in [5.41, 5.74) is 8.29. The highest BCUT2D eigenvalue weighted by Crippen LogP contribution is 2.44. The first-order valence-corrected chi connectivity index (χ1v) is 16.5. The van der Waals surface area contributed by atoms with Gasteiger partial charge in [-0.25, -0.2) is 18.7 Å². The Morgan fingerprint density at radius 3 is 2.24 bits per heavy atom. The Bertz CT molecular complexity index is 2200. The van der Waals surface area contributed by atoms with Crippen LogP contribution in [-0.2, 0) is 16.0 Å². The van der Waals surface area contributed by atoms with E-state index in [9.17, 15) is 9.90 Å². The van der Waals surface area contributed by atoms with Crippen LogP contribution < -0.4 is 4.74 Å². The minimum Gasteiger partial charge on any atom is -0.490 e. The number of rotatable bonds is 7. The first kappa shape index (κ1) is 32.2. The third-order valence-corrected chi connectivity index (χ3v) is 8.95. The zero-order chi connectivity index (χ0) is 34.4. The number of carbonyl (C=O) groups is 1. The molecule has 0 amide bonds. The van der Waals surface area contributed by atoms with Crippen LogP contribution in [0, 0.1) is 19.7 Å². The number of carboxylic acids is 1. The van der Waals surface area contributed by atoms with Gasteiger partial charge in [-0.1, -0.05) is 78.9 Å². The number of halogens is 1. The van der Waals surface area contributed by atoms with Gasteiger partial charge in [-0.2, -0.15) is 5.10 Å². The predicted octanol–water partition coefficient (Wildman–Crippen LogP) is 9.42. The molecule has 0 bridgehead atoms. The second-order valence-electron chi connectivity index (χ2n) is 13.5. The molecule has 248 valence electrons. The molecule has 1 N–H and O–H groups in total. The highest BCUT2D eigenvalue weighted by molar-refractivity contribution is 5.94. The monoisotopic (exact) mass is 655 g/mol. The Hall–Kier alpha value is -5.34. The number of aromatic nitrogens is 3. The molecule has 1 unspecified atom stereocenters. The molecule has 8 heteroatoms. The summed E-state index contributed by atoms with van der Waals surface area (Å²) in [7, 11) is 0. The van der Waals surface area contributed by atoms with Crippen molar-refractivity contribution < 1.29 is 23.8 Å². The SMILES string of the molecule is Cc1nc2c(-c3cccc(-c4ccccc4)c3)c(-c3ccccc3)nn2c(-c2cc(F)c3c(c2C)CCCO3)c1C(OC(C)(C)C)C(=O)O. The number of ether oxygens (including phenoxy) is 2. The molecule has 0 fully saturated rings. The molecule has 0 radical (unpaired) electrons. The van der Waals surface area contributed by atoms with Crippen molar-refractivity contribution >= 4 is 11.6 Å². The molecule has 2 aromatic heterocycles. The minimum atomic E-state index is -1.41. The Morgan fingerprint density at radius 1 is 0.918 bits per heavy atom. The third kappa shape index (κ3) is 5.97. The number of hydrogen-bond acceptors (Lipinski definition) is 5. The van der Waals surface area contributed by atoms with E-state index in [-0.39, 0.29) is 5.75 Å². The zero-order valence-electron chi connectivity index (χ0n) is 28.3. The van der Waals surface area contributed by atoms with Crippen LogP contribution >= 0.6 is 0 Å². The highest BCUT2D eigenvalue weighted by Gasteiger charge is 2.35. The van der Waals surface area contributed by atoms with Gasteiger partial charge in [-0.05, 0) is 81.8 Å². The molecule has 6 aromatic rings. The average molecular weight is 656 g/mol. The number of nitrogens with zero attached hydrogens (tertiary/aromatic N) is 3. The van der Waals surface area contributed by atoms with Crippen molar-refractivity contribution in [1.29, 1.82) is 0 Å². The maximum Gasteiger partial charge on any atom is 0.337 e. The molecule has 7 rings (SSSR count). The van der Waals surface area contributed by atoms with Gasteiger partial charge in [0, 0.05) is 27.9 Å². The van der Waals surface area contributed by atoms with E-state index in [1.807, 2.05) is 88.4 Å². The van der Waals surface area contributed by atoms with Crippen molar-refractivity contribution in [1.82, 2.24) is 14.6 Å². The maximum atomic E-state index is 16.0. The molecular weight excluding hydrogens is 617 g/mol. The molecule has 49 heavy (non-hydrogen) atoms. The highest BCUT2D eigenvalue weighted by atomic mass is 19.1. The Kier molecular flexibility index (Phi) is 8.28. The number of aryl methyl sites for hydroxylation is 1. The van der Waals surface area contributed by atoms with Crippen molar-refractivity contribution in [3.05, 3.63) is 119 Å². The summed E-state index contributed by atoms with van der Waals surface area (Å²) < 4.78 is 29.7. The van der Waals surface area contributed by atoms with Crippen LogP contribution in [0.25, 0.3) is 50.4 Å². The fourth-order valence-corrected chi connectivity index (χ4v) is 6.78. The lowest BCUT2D eigenvalue weighted by Gasteiger charge is -2.28. The van der Waals surface area contributed by atoms with Crippen LogP contribution in [0.4, 0.5) is 4.39 Å². The first-order chi connectivity index (χ1) is 23.5. The molecule has 3 heterocycles. The minimum absolute atomic E-state index is 0.251. The van der Waals surface area contributed by atoms with Crippen LogP contribution in [0.15, 0.2) is 91.0 Å². The molecule has 1 aliphatic heterocycles. The number of carboxylic acid groups (broad SMARTS) is 1. The normalized spacial score (nSPS) is 13.6. The lowest BCUT2D eigenvalue weighted by molar-refractivity contribution is -0.160. The van der Waals surface area contributed by atoms with Crippen LogP contribution in [-0.4, -0.2) is 37.9 Å². The number of benzene rings is 4. The topological polar surface area (TPSA) is 86.0 Å². The summed E-state index contributed by atoms with van der Waals surface area (Å²) in [6, 6.07) is 29.6. The Labute approximate surface area is 285 Å². The van der Waals surface area contributed by atoms with E-state index in [0.717, 1.165) is 45.4 Å². The summed E-state index contributed by atoms with van der Waals surface area (Å²) in [4.78, 5) is 18.1. The largest absolute Gasteiger partial charge is 0.490 e. The lowest BCUT2D eigenvalue weighted by atomic mass is 9.90. The van der Waals surface area contributed by atoms with Gasteiger partial charge in [0.1, 0.15) is 5.69 Å². The van der Waals surface area contributed by atoms with Crippen LogP contribution in [0.5, 0.6) is 5.75 Å². The molecule has 7 nitrogen and oxygen atoms in total. The van der Waals surface area contributed by atoms with Crippen molar-refractivity contribution in [2.24, 2.45) is 0 Å². The zero-order valence-corrected chi connectivity index (χ0v) is 28.3. The quantitative estimate of drug-likeness (QED) is 0.184. The van der Waals surface area contributed by atoms with Gasteiger partial charge in [0.25, 0.3) is 0 Å². The summed E-state index contributed by atoms with van der Waals surface area (Å²) in [5, 5.41) is 15.9. The van der Waals surface area contributed by atoms with Crippen molar-refractivity contribution in [2.75, 3.05) is 6.61 Å². The fraction of sp³-hybridized carbons (Fsp3) is 0.244. The van der Waals surface area contributed by atoms with Crippen molar-refractivity contribution in [3.8, 4) is 50.5 Å². The predicted molar refractivity (Wildman–Crippen MR) is 189 cm³/mol. The van der Waals surface area contributed by atoms with Gasteiger partial charge in [0.05, 0.1) is 23.5 Å². The second kappa shape index (κ2) is 12.6. The molecule has 0 saturated carbocycles. The van der Waals surface area contributed by atoms with Crippen molar-refractivity contribution in [3.63, 3.8) is 0 Å². The number of hydrogen-bond donors (Lipinski definition) is 1. The Balaban J connectivity index is 1.61. The van der Waals surface area contributed by atoms with Gasteiger partial charge >= 0.3 is 5.97 Å². The summed E-state index contributed by atoms with van der Waals surface area (Å²) >= 11 is 0. The van der Waals surface area contributed by atoms with E-state index in [4.69, 9.17) is 19.6 Å². The molecule has 1 atom stereocenters. The van der Waals surface area contributed by atoms with E-state index in [0.29, 0.717) is 46.9 Å². The summed E-state index contributed by atoms with van der Waals surface area (Å²) in [6.07, 6.45) is -0.0154. The summed E-state index contributed by atoms with van der Waals surface area (Å²) in [6.45, 7) is 9.59. The molecular formula is C41H38FN3O4. The Morgan fingerprint density at radius 2 is 1.57 bits per heavy atom. The first-order valence-electron chi connectivity index (χ1n) is 16.5. The van der Waals surface area contributed by atoms with Gasteiger partial charge in [-0.3, -0.25) is 0 Å². The van der Waals surface area contributed by atoms with E-state index in [1.165, 1.54) is 6.07 Å². The standard InChI is InChI=1S/C41H38FN3O4/c1-24-30-20-13-21-48-37(30)32(42)23-31(24)36-33(38(40(46)47)49-41(3,4)5)25(2)43-39-34(35(44-45(36)39)27-16-10-7-11-17-27)29-19-12-18-28(22-29)26-14-8-6-9-15-26/h6-12,14-19,22-23,38H,13,20-21H2,1-5H3,(H,46,47). The molecule has 1 aliphatic rings. The summed E-state index contributed by atoms with van der Waals surface area (Å²) in [5.74, 6) is -1.43.